The van der Waals surface area contributed by atoms with Crippen molar-refractivity contribution in [2.24, 2.45) is 0 Å². The van der Waals surface area contributed by atoms with Crippen LogP contribution in [0.1, 0.15) is 21.5 Å². The van der Waals surface area contributed by atoms with Gasteiger partial charge in [0.05, 0.1) is 11.9 Å². The number of nitrogens with two attached hydrogens (primary N) is 1. The van der Waals surface area contributed by atoms with Crippen LogP contribution in [0.25, 0.3) is 0 Å². The molecule has 1 aromatic heterocycles. The number of nitrogens with one attached hydrogen (secondary N) is 1. The van der Waals surface area contributed by atoms with Gasteiger partial charge in [0.2, 0.25) is 0 Å². The minimum absolute atomic E-state index is 0.213. The number of anilines is 2. The van der Waals surface area contributed by atoms with Crippen LogP contribution in [0.2, 0.25) is 5.02 Å². The molecule has 0 saturated heterocycles. The lowest BCUT2D eigenvalue weighted by Crippen LogP contribution is -2.15. The summed E-state index contributed by atoms with van der Waals surface area (Å²) in [7, 11) is 0. The van der Waals surface area contributed by atoms with E-state index in [9.17, 15) is 4.79 Å². The topological polar surface area (TPSA) is 68.0 Å². The number of pyridine rings is 1. The van der Waals surface area contributed by atoms with Crippen molar-refractivity contribution >= 4 is 29.0 Å². The Balaban J connectivity index is 2.25. The van der Waals surface area contributed by atoms with Crippen molar-refractivity contribution in [3.8, 4) is 0 Å². The maximum absolute atomic E-state index is 12.2. The van der Waals surface area contributed by atoms with E-state index in [1.54, 1.807) is 24.3 Å². The first-order valence-corrected chi connectivity index (χ1v) is 6.15. The standard InChI is InChI=1S/C14H14ClN3O/c1-8-5-10(15)3-4-12(8)14(19)18-13-9(2)6-11(16)7-17-13/h3-7H,16H2,1-2H3,(H,17,18,19). The van der Waals surface area contributed by atoms with Gasteiger partial charge in [-0.15, -0.1) is 0 Å². The molecule has 0 atom stereocenters. The molecule has 4 nitrogen and oxygen atoms in total. The number of halogens is 1. The first-order valence-electron chi connectivity index (χ1n) is 5.77. The van der Waals surface area contributed by atoms with Crippen LogP contribution in [0, 0.1) is 13.8 Å². The van der Waals surface area contributed by atoms with Crippen molar-refractivity contribution in [3.63, 3.8) is 0 Å². The van der Waals surface area contributed by atoms with Crippen molar-refractivity contribution in [3.05, 3.63) is 52.2 Å². The molecule has 5 heteroatoms. The molecule has 0 spiro atoms. The molecule has 0 radical (unpaired) electrons. The number of nitrogens with zero attached hydrogens (tertiary/aromatic N) is 1. The summed E-state index contributed by atoms with van der Waals surface area (Å²) in [6, 6.07) is 6.89. The molecular formula is C14H14ClN3O. The Bertz CT molecular complexity index is 641. The number of hydrogen-bond acceptors (Lipinski definition) is 3. The number of benzene rings is 1. The maximum atomic E-state index is 12.2. The largest absolute Gasteiger partial charge is 0.397 e. The maximum Gasteiger partial charge on any atom is 0.257 e. The van der Waals surface area contributed by atoms with Crippen molar-refractivity contribution in [1.29, 1.82) is 0 Å². The zero-order chi connectivity index (χ0) is 14.0. The van der Waals surface area contributed by atoms with E-state index in [-0.39, 0.29) is 5.91 Å². The number of rotatable bonds is 2. The van der Waals surface area contributed by atoms with Crippen molar-refractivity contribution in [1.82, 2.24) is 4.98 Å². The van der Waals surface area contributed by atoms with Crippen LogP contribution in [-0.2, 0) is 0 Å². The molecule has 0 fully saturated rings. The van der Waals surface area contributed by atoms with Gasteiger partial charge in [0, 0.05) is 10.6 Å². The number of aryl methyl sites for hydroxylation is 2. The van der Waals surface area contributed by atoms with Crippen molar-refractivity contribution in [2.75, 3.05) is 11.1 Å². The molecule has 0 bridgehead atoms. The van der Waals surface area contributed by atoms with Gasteiger partial charge in [0.1, 0.15) is 5.82 Å². The van der Waals surface area contributed by atoms with Crippen LogP contribution in [0.3, 0.4) is 0 Å². The lowest BCUT2D eigenvalue weighted by Gasteiger charge is -2.09. The summed E-state index contributed by atoms with van der Waals surface area (Å²) >= 11 is 5.87. The van der Waals surface area contributed by atoms with Crippen LogP contribution in [-0.4, -0.2) is 10.9 Å². The summed E-state index contributed by atoms with van der Waals surface area (Å²) in [4.78, 5) is 16.3. The molecular weight excluding hydrogens is 262 g/mol. The molecule has 1 amide bonds. The average molecular weight is 276 g/mol. The monoisotopic (exact) mass is 275 g/mol. The average Bonchev–Trinajstić information content (AvgIpc) is 2.32. The van der Waals surface area contributed by atoms with Gasteiger partial charge in [-0.2, -0.15) is 0 Å². The molecule has 3 N–H and O–H groups in total. The molecule has 98 valence electrons. The molecule has 1 aromatic carbocycles. The third-order valence-electron chi connectivity index (χ3n) is 2.76. The predicted octanol–water partition coefficient (Wildman–Crippen LogP) is 3.19. The van der Waals surface area contributed by atoms with Crippen LogP contribution in [0.15, 0.2) is 30.5 Å². The summed E-state index contributed by atoms with van der Waals surface area (Å²) in [5.41, 5.74) is 8.40. The zero-order valence-electron chi connectivity index (χ0n) is 10.7. The molecule has 1 heterocycles. The van der Waals surface area contributed by atoms with Crippen molar-refractivity contribution in [2.45, 2.75) is 13.8 Å². The summed E-state index contributed by atoms with van der Waals surface area (Å²) in [6.45, 7) is 3.68. The van der Waals surface area contributed by atoms with E-state index < -0.39 is 0 Å². The fourth-order valence-electron chi connectivity index (χ4n) is 1.78. The van der Waals surface area contributed by atoms with Crippen LogP contribution in [0.4, 0.5) is 11.5 Å². The number of carbonyl (C=O) groups is 1. The van der Waals surface area contributed by atoms with Gasteiger partial charge in [0.25, 0.3) is 5.91 Å². The highest BCUT2D eigenvalue weighted by Gasteiger charge is 2.11. The third-order valence-corrected chi connectivity index (χ3v) is 3.00. The second kappa shape index (κ2) is 5.28. The zero-order valence-corrected chi connectivity index (χ0v) is 11.5. The van der Waals surface area contributed by atoms with E-state index in [1.807, 2.05) is 13.8 Å². The highest BCUT2D eigenvalue weighted by molar-refractivity contribution is 6.30. The van der Waals surface area contributed by atoms with Crippen LogP contribution >= 0.6 is 11.6 Å². The Kier molecular flexibility index (Phi) is 3.71. The summed E-state index contributed by atoms with van der Waals surface area (Å²) in [5, 5.41) is 3.37. The van der Waals surface area contributed by atoms with E-state index in [2.05, 4.69) is 10.3 Å². The summed E-state index contributed by atoms with van der Waals surface area (Å²) < 4.78 is 0. The van der Waals surface area contributed by atoms with Crippen LogP contribution in [0.5, 0.6) is 0 Å². The van der Waals surface area contributed by atoms with Crippen LogP contribution < -0.4 is 11.1 Å². The fourth-order valence-corrected chi connectivity index (χ4v) is 2.01. The van der Waals surface area contributed by atoms with Crippen molar-refractivity contribution < 1.29 is 4.79 Å². The molecule has 0 aliphatic carbocycles. The molecule has 2 rings (SSSR count). The molecule has 0 unspecified atom stereocenters. The number of nitrogen functional groups attached to an aromatic ring is 1. The fraction of sp³-hybridized carbons (Fsp3) is 0.143. The van der Waals surface area contributed by atoms with E-state index in [1.165, 1.54) is 6.20 Å². The number of hydrogen-bond donors (Lipinski definition) is 2. The quantitative estimate of drug-likeness (QED) is 0.884. The van der Waals surface area contributed by atoms with E-state index >= 15 is 0 Å². The first kappa shape index (κ1) is 13.4. The van der Waals surface area contributed by atoms with Gasteiger partial charge >= 0.3 is 0 Å². The molecule has 2 aromatic rings. The third kappa shape index (κ3) is 3.03. The molecule has 19 heavy (non-hydrogen) atoms. The molecule has 0 aliphatic rings. The lowest BCUT2D eigenvalue weighted by atomic mass is 10.1. The summed E-state index contributed by atoms with van der Waals surface area (Å²) in [6.07, 6.45) is 1.51. The van der Waals surface area contributed by atoms with Gasteiger partial charge in [0.15, 0.2) is 0 Å². The second-order valence-electron chi connectivity index (χ2n) is 4.35. The Morgan fingerprint density at radius 1 is 1.26 bits per heavy atom. The smallest absolute Gasteiger partial charge is 0.257 e. The van der Waals surface area contributed by atoms with Gasteiger partial charge in [-0.25, -0.2) is 4.98 Å². The minimum Gasteiger partial charge on any atom is -0.397 e. The van der Waals surface area contributed by atoms with Gasteiger partial charge in [-0.05, 0) is 49.2 Å². The Morgan fingerprint density at radius 2 is 2.00 bits per heavy atom. The Hall–Kier alpha value is -2.07. The minimum atomic E-state index is -0.213. The first-order chi connectivity index (χ1) is 8.97. The normalized spacial score (nSPS) is 10.3. The highest BCUT2D eigenvalue weighted by atomic mass is 35.5. The number of carbonyl (C=O) groups excluding carboxylic acids is 1. The molecule has 0 saturated carbocycles. The Labute approximate surface area is 116 Å². The second-order valence-corrected chi connectivity index (χ2v) is 4.78. The SMILES string of the molecule is Cc1cc(Cl)ccc1C(=O)Nc1ncc(N)cc1C. The van der Waals surface area contributed by atoms with Gasteiger partial charge in [-0.3, -0.25) is 4.79 Å². The molecule has 0 aliphatic heterocycles. The van der Waals surface area contributed by atoms with Gasteiger partial charge in [-0.1, -0.05) is 11.6 Å². The van der Waals surface area contributed by atoms with E-state index in [0.717, 1.165) is 11.1 Å². The predicted molar refractivity (Wildman–Crippen MR) is 77.5 cm³/mol. The Morgan fingerprint density at radius 3 is 2.63 bits per heavy atom. The summed E-state index contributed by atoms with van der Waals surface area (Å²) in [5.74, 6) is 0.295. The van der Waals surface area contributed by atoms with Gasteiger partial charge < -0.3 is 11.1 Å². The van der Waals surface area contributed by atoms with E-state index in [4.69, 9.17) is 17.3 Å². The number of aromatic nitrogens is 1. The van der Waals surface area contributed by atoms with E-state index in [0.29, 0.717) is 22.1 Å². The lowest BCUT2D eigenvalue weighted by molar-refractivity contribution is 0.102. The number of amides is 1. The highest BCUT2D eigenvalue weighted by Crippen LogP contribution is 2.18.